The van der Waals surface area contributed by atoms with Gasteiger partial charge >= 0.3 is 12.4 Å². The Kier molecular flexibility index (Phi) is 6.14. The second kappa shape index (κ2) is 8.31. The van der Waals surface area contributed by atoms with Crippen molar-refractivity contribution >= 4 is 27.5 Å². The summed E-state index contributed by atoms with van der Waals surface area (Å²) in [5.41, 5.74) is -2.05. The minimum absolute atomic E-state index is 0.166. The number of hydrogen-bond acceptors (Lipinski definition) is 4. The molecular formula is C18H8BrClF6N2O2. The van der Waals surface area contributed by atoms with Crippen LogP contribution in [0.2, 0.25) is 5.02 Å². The monoisotopic (exact) mass is 512 g/mol. The van der Waals surface area contributed by atoms with Crippen molar-refractivity contribution in [2.24, 2.45) is 0 Å². The molecule has 12 heteroatoms. The summed E-state index contributed by atoms with van der Waals surface area (Å²) in [6.45, 7) is 0. The molecule has 0 aliphatic rings. The smallest absolute Gasteiger partial charge is 0.417 e. The zero-order valence-electron chi connectivity index (χ0n) is 14.4. The molecule has 0 fully saturated rings. The molecule has 0 radical (unpaired) electrons. The third-order valence-corrected chi connectivity index (χ3v) is 4.57. The quantitative estimate of drug-likeness (QED) is 0.339. The van der Waals surface area contributed by atoms with E-state index in [-0.39, 0.29) is 27.7 Å². The minimum Gasteiger partial charge on any atom is -0.439 e. The molecular weight excluding hydrogens is 506 g/mol. The van der Waals surface area contributed by atoms with Crippen molar-refractivity contribution in [2.45, 2.75) is 12.4 Å². The molecule has 0 aliphatic heterocycles. The summed E-state index contributed by atoms with van der Waals surface area (Å²) in [6.07, 6.45) is -8.31. The third-order valence-electron chi connectivity index (χ3n) is 3.55. The first-order valence-electron chi connectivity index (χ1n) is 7.85. The highest BCUT2D eigenvalue weighted by Gasteiger charge is 2.34. The number of nitrogens with zero attached hydrogens (tertiary/aromatic N) is 2. The second-order valence-electron chi connectivity index (χ2n) is 5.68. The maximum Gasteiger partial charge on any atom is 0.417 e. The number of alkyl halides is 6. The molecule has 30 heavy (non-hydrogen) atoms. The summed E-state index contributed by atoms with van der Waals surface area (Å²) in [5, 5.41) is -0.503. The lowest BCUT2D eigenvalue weighted by atomic mass is 10.2. The second-order valence-corrected chi connectivity index (χ2v) is 6.94. The molecule has 4 nitrogen and oxygen atoms in total. The fraction of sp³-hybridized carbons (Fsp3) is 0.111. The van der Waals surface area contributed by atoms with E-state index in [4.69, 9.17) is 21.1 Å². The van der Waals surface area contributed by atoms with Crippen molar-refractivity contribution in [3.05, 3.63) is 69.4 Å². The van der Waals surface area contributed by atoms with Crippen LogP contribution in [0.4, 0.5) is 26.3 Å². The zero-order chi connectivity index (χ0) is 22.1. The van der Waals surface area contributed by atoms with Gasteiger partial charge < -0.3 is 9.47 Å². The lowest BCUT2D eigenvalue weighted by molar-refractivity contribution is -0.138. The van der Waals surface area contributed by atoms with Crippen LogP contribution in [0.1, 0.15) is 11.1 Å². The van der Waals surface area contributed by atoms with Gasteiger partial charge in [0.25, 0.3) is 0 Å². The van der Waals surface area contributed by atoms with E-state index in [1.165, 1.54) is 12.1 Å². The molecule has 0 saturated carbocycles. The van der Waals surface area contributed by atoms with Crippen LogP contribution in [0.3, 0.4) is 0 Å². The Hall–Kier alpha value is -2.53. The number of ether oxygens (including phenoxy) is 2. The summed E-state index contributed by atoms with van der Waals surface area (Å²) in [4.78, 5) is 7.50. The average Bonchev–Trinajstić information content (AvgIpc) is 2.63. The van der Waals surface area contributed by atoms with E-state index in [2.05, 4.69) is 25.9 Å². The van der Waals surface area contributed by atoms with Gasteiger partial charge in [0, 0.05) is 4.47 Å². The lowest BCUT2D eigenvalue weighted by Gasteiger charge is -2.13. The number of benzene rings is 2. The van der Waals surface area contributed by atoms with E-state index in [0.29, 0.717) is 6.07 Å². The normalized spacial score (nSPS) is 12.0. The van der Waals surface area contributed by atoms with E-state index in [0.717, 1.165) is 30.6 Å². The molecule has 0 N–H and O–H groups in total. The van der Waals surface area contributed by atoms with Crippen LogP contribution >= 0.6 is 27.5 Å². The molecule has 0 unspecified atom stereocenters. The van der Waals surface area contributed by atoms with Crippen LogP contribution in [-0.4, -0.2) is 9.97 Å². The Bertz CT molecular complexity index is 995. The number of halogens is 8. The number of hydrogen-bond donors (Lipinski definition) is 0. The van der Waals surface area contributed by atoms with Crippen LogP contribution in [0, 0.1) is 0 Å². The first kappa shape index (κ1) is 22.2. The average molecular weight is 514 g/mol. The summed E-state index contributed by atoms with van der Waals surface area (Å²) < 4.78 is 88.2. The van der Waals surface area contributed by atoms with Gasteiger partial charge in [-0.1, -0.05) is 27.5 Å². The topological polar surface area (TPSA) is 44.2 Å². The molecule has 0 saturated heterocycles. The summed E-state index contributed by atoms with van der Waals surface area (Å²) in [7, 11) is 0. The first-order valence-corrected chi connectivity index (χ1v) is 9.02. The Morgan fingerprint density at radius 1 is 0.733 bits per heavy atom. The first-order chi connectivity index (χ1) is 13.9. The summed E-state index contributed by atoms with van der Waals surface area (Å²) in [5.74, 6) is -0.746. The van der Waals surface area contributed by atoms with Crippen LogP contribution in [-0.2, 0) is 12.4 Å². The van der Waals surface area contributed by atoms with Crippen molar-refractivity contribution in [1.82, 2.24) is 9.97 Å². The third kappa shape index (κ3) is 5.33. The van der Waals surface area contributed by atoms with Crippen LogP contribution < -0.4 is 9.47 Å². The van der Waals surface area contributed by atoms with Gasteiger partial charge in [-0.2, -0.15) is 26.3 Å². The summed E-state index contributed by atoms with van der Waals surface area (Å²) in [6, 6.07) is 7.21. The molecule has 1 heterocycles. The van der Waals surface area contributed by atoms with Crippen molar-refractivity contribution < 1.29 is 35.8 Å². The van der Waals surface area contributed by atoms with Crippen LogP contribution in [0.5, 0.6) is 23.3 Å². The van der Waals surface area contributed by atoms with E-state index in [9.17, 15) is 26.3 Å². The molecule has 2 aromatic carbocycles. The Balaban J connectivity index is 1.83. The van der Waals surface area contributed by atoms with Crippen molar-refractivity contribution in [1.29, 1.82) is 0 Å². The van der Waals surface area contributed by atoms with Crippen LogP contribution in [0.25, 0.3) is 0 Å². The largest absolute Gasteiger partial charge is 0.439 e. The Morgan fingerprint density at radius 3 is 1.77 bits per heavy atom. The highest BCUT2D eigenvalue weighted by molar-refractivity contribution is 9.10. The Labute approximate surface area is 178 Å². The van der Waals surface area contributed by atoms with Gasteiger partial charge in [0.05, 0.1) is 22.2 Å². The van der Waals surface area contributed by atoms with Gasteiger partial charge in [0.1, 0.15) is 17.8 Å². The SMILES string of the molecule is FC(F)(F)c1cc(Oc2cc(Oc3ccc(Br)c(C(F)(F)F)c3)ncn2)ccc1Cl. The van der Waals surface area contributed by atoms with E-state index in [1.807, 2.05) is 0 Å². The van der Waals surface area contributed by atoms with Gasteiger partial charge in [-0.25, -0.2) is 9.97 Å². The van der Waals surface area contributed by atoms with Gasteiger partial charge in [0.15, 0.2) is 0 Å². The minimum atomic E-state index is -4.69. The molecule has 1 aromatic heterocycles. The van der Waals surface area contributed by atoms with Crippen molar-refractivity contribution in [2.75, 3.05) is 0 Å². The summed E-state index contributed by atoms with van der Waals surface area (Å²) >= 11 is 8.37. The van der Waals surface area contributed by atoms with Crippen molar-refractivity contribution in [3.63, 3.8) is 0 Å². The predicted octanol–water partition coefficient (Wildman–Crippen LogP) is 7.51. The van der Waals surface area contributed by atoms with E-state index in [1.54, 1.807) is 0 Å². The molecule has 3 aromatic rings. The molecule has 3 rings (SSSR count). The maximum atomic E-state index is 13.0. The highest BCUT2D eigenvalue weighted by Crippen LogP contribution is 2.39. The van der Waals surface area contributed by atoms with Crippen molar-refractivity contribution in [3.8, 4) is 23.3 Å². The predicted molar refractivity (Wildman–Crippen MR) is 97.8 cm³/mol. The van der Waals surface area contributed by atoms with E-state index >= 15 is 0 Å². The Morgan fingerprint density at radius 2 is 1.23 bits per heavy atom. The fourth-order valence-electron chi connectivity index (χ4n) is 2.25. The van der Waals surface area contributed by atoms with Crippen LogP contribution in [0.15, 0.2) is 53.3 Å². The molecule has 0 spiro atoms. The van der Waals surface area contributed by atoms with Gasteiger partial charge in [-0.15, -0.1) is 0 Å². The molecule has 0 aliphatic carbocycles. The van der Waals surface area contributed by atoms with E-state index < -0.39 is 28.5 Å². The molecule has 0 amide bonds. The van der Waals surface area contributed by atoms with Gasteiger partial charge in [0.2, 0.25) is 11.8 Å². The molecule has 0 atom stereocenters. The van der Waals surface area contributed by atoms with Gasteiger partial charge in [-0.05, 0) is 36.4 Å². The number of aromatic nitrogens is 2. The standard InChI is InChI=1S/C18H8BrClF6N2O2/c19-13-3-1-9(5-11(13)17(21,22)23)29-15-7-16(28-8-27-15)30-10-2-4-14(20)12(6-10)18(24,25)26/h1-8H. The molecule has 0 bridgehead atoms. The number of rotatable bonds is 4. The molecule has 158 valence electrons. The van der Waals surface area contributed by atoms with Gasteiger partial charge in [-0.3, -0.25) is 0 Å². The zero-order valence-corrected chi connectivity index (χ0v) is 16.7. The highest BCUT2D eigenvalue weighted by atomic mass is 79.9. The lowest BCUT2D eigenvalue weighted by Crippen LogP contribution is -2.06. The fourth-order valence-corrected chi connectivity index (χ4v) is 2.94. The maximum absolute atomic E-state index is 13.0.